The van der Waals surface area contributed by atoms with Gasteiger partial charge in [-0.1, -0.05) is 13.3 Å². The molecule has 0 aliphatic carbocycles. The molecule has 1 aliphatic rings. The Kier molecular flexibility index (Phi) is 4.49. The van der Waals surface area contributed by atoms with E-state index in [4.69, 9.17) is 0 Å². The van der Waals surface area contributed by atoms with Crippen molar-refractivity contribution in [2.75, 3.05) is 13.1 Å². The van der Waals surface area contributed by atoms with Crippen molar-refractivity contribution < 1.29 is 9.59 Å². The predicted molar refractivity (Wildman–Crippen MR) is 71.4 cm³/mol. The molecule has 0 saturated carbocycles. The van der Waals surface area contributed by atoms with E-state index in [0.29, 0.717) is 25.9 Å². The molecular weight excluding hydrogens is 242 g/mol. The number of amides is 2. The van der Waals surface area contributed by atoms with Gasteiger partial charge in [-0.15, -0.1) is 0 Å². The first kappa shape index (κ1) is 13.5. The third-order valence-electron chi connectivity index (χ3n) is 3.32. The van der Waals surface area contributed by atoms with Gasteiger partial charge >= 0.3 is 0 Å². The molecule has 19 heavy (non-hydrogen) atoms. The zero-order chi connectivity index (χ0) is 13.7. The average molecular weight is 261 g/mol. The summed E-state index contributed by atoms with van der Waals surface area (Å²) in [5, 5.41) is 2.82. The van der Waals surface area contributed by atoms with Crippen molar-refractivity contribution in [1.82, 2.24) is 15.2 Å². The zero-order valence-corrected chi connectivity index (χ0v) is 11.1. The first-order valence-corrected chi connectivity index (χ1v) is 6.68. The maximum atomic E-state index is 12.3. The third-order valence-corrected chi connectivity index (χ3v) is 3.32. The molecule has 2 rings (SSSR count). The highest BCUT2D eigenvalue weighted by molar-refractivity contribution is 5.89. The summed E-state index contributed by atoms with van der Waals surface area (Å²) < 4.78 is 0. The third kappa shape index (κ3) is 3.30. The number of nitrogens with one attached hydrogen (secondary N) is 1. The predicted octanol–water partition coefficient (Wildman–Crippen LogP) is 0.751. The highest BCUT2D eigenvalue weighted by atomic mass is 16.2. The molecule has 1 aliphatic heterocycles. The van der Waals surface area contributed by atoms with Gasteiger partial charge in [0.15, 0.2) is 0 Å². The molecule has 1 aromatic heterocycles. The van der Waals surface area contributed by atoms with Crippen molar-refractivity contribution in [1.29, 1.82) is 0 Å². The molecule has 2 heterocycles. The Bertz CT molecular complexity index is 447. The van der Waals surface area contributed by atoms with Gasteiger partial charge in [-0.2, -0.15) is 0 Å². The summed E-state index contributed by atoms with van der Waals surface area (Å²) in [5.74, 6) is -0.0179. The van der Waals surface area contributed by atoms with Crippen LogP contribution < -0.4 is 5.32 Å². The van der Waals surface area contributed by atoms with Gasteiger partial charge in [-0.3, -0.25) is 14.6 Å². The van der Waals surface area contributed by atoms with Crippen molar-refractivity contribution in [2.45, 2.75) is 32.2 Å². The fraction of sp³-hybridized carbons (Fsp3) is 0.500. The molecule has 1 saturated heterocycles. The zero-order valence-electron chi connectivity index (χ0n) is 11.1. The fourth-order valence-electron chi connectivity index (χ4n) is 2.35. The van der Waals surface area contributed by atoms with E-state index in [1.54, 1.807) is 17.3 Å². The molecule has 1 fully saturated rings. The number of piperazine rings is 1. The summed E-state index contributed by atoms with van der Waals surface area (Å²) in [6.45, 7) is 3.16. The first-order chi connectivity index (χ1) is 9.22. The Balaban J connectivity index is 2.05. The standard InChI is InChI=1S/C14H19N3O2/c1-2-3-12-14(19)16-8-9-17(12)13(18)10-11-4-6-15-7-5-11/h4-7,12H,2-3,8-10H2,1H3,(H,16,19). The molecule has 0 radical (unpaired) electrons. The summed E-state index contributed by atoms with van der Waals surface area (Å²) in [7, 11) is 0. The van der Waals surface area contributed by atoms with Gasteiger partial charge in [-0.05, 0) is 24.1 Å². The van der Waals surface area contributed by atoms with Crippen LogP contribution in [0.2, 0.25) is 0 Å². The van der Waals surface area contributed by atoms with Crippen LogP contribution in [0.25, 0.3) is 0 Å². The fourth-order valence-corrected chi connectivity index (χ4v) is 2.35. The molecule has 1 unspecified atom stereocenters. The largest absolute Gasteiger partial charge is 0.353 e. The highest BCUT2D eigenvalue weighted by Gasteiger charge is 2.31. The lowest BCUT2D eigenvalue weighted by Crippen LogP contribution is -2.57. The van der Waals surface area contributed by atoms with Gasteiger partial charge in [0.1, 0.15) is 6.04 Å². The molecule has 5 nitrogen and oxygen atoms in total. The Hall–Kier alpha value is -1.91. The summed E-state index contributed by atoms with van der Waals surface area (Å²) in [4.78, 5) is 29.8. The van der Waals surface area contributed by atoms with Crippen molar-refractivity contribution in [3.8, 4) is 0 Å². The second kappa shape index (κ2) is 6.31. The lowest BCUT2D eigenvalue weighted by Gasteiger charge is -2.35. The van der Waals surface area contributed by atoms with Crippen LogP contribution in [0.5, 0.6) is 0 Å². The summed E-state index contributed by atoms with van der Waals surface area (Å²) in [6.07, 6.45) is 5.28. The van der Waals surface area contributed by atoms with E-state index in [-0.39, 0.29) is 17.9 Å². The van der Waals surface area contributed by atoms with E-state index in [9.17, 15) is 9.59 Å². The smallest absolute Gasteiger partial charge is 0.242 e. The summed E-state index contributed by atoms with van der Waals surface area (Å²) in [6, 6.07) is 3.35. The molecule has 5 heteroatoms. The van der Waals surface area contributed by atoms with E-state index in [1.807, 2.05) is 19.1 Å². The van der Waals surface area contributed by atoms with Gasteiger partial charge in [0.2, 0.25) is 11.8 Å². The molecule has 1 aromatic rings. The van der Waals surface area contributed by atoms with Gasteiger partial charge in [0.05, 0.1) is 6.42 Å². The molecule has 0 aromatic carbocycles. The van der Waals surface area contributed by atoms with Crippen LogP contribution in [-0.4, -0.2) is 40.8 Å². The molecule has 2 amide bonds. The maximum Gasteiger partial charge on any atom is 0.242 e. The van der Waals surface area contributed by atoms with Crippen LogP contribution >= 0.6 is 0 Å². The van der Waals surface area contributed by atoms with Crippen LogP contribution in [0.4, 0.5) is 0 Å². The van der Waals surface area contributed by atoms with Crippen LogP contribution in [0, 0.1) is 0 Å². The Labute approximate surface area is 113 Å². The van der Waals surface area contributed by atoms with E-state index in [1.165, 1.54) is 0 Å². The van der Waals surface area contributed by atoms with Crippen LogP contribution in [-0.2, 0) is 16.0 Å². The Morgan fingerprint density at radius 1 is 1.47 bits per heavy atom. The van der Waals surface area contributed by atoms with Crippen LogP contribution in [0.3, 0.4) is 0 Å². The topological polar surface area (TPSA) is 62.3 Å². The lowest BCUT2D eigenvalue weighted by atomic mass is 10.1. The molecular formula is C14H19N3O2. The average Bonchev–Trinajstić information content (AvgIpc) is 2.42. The normalized spacial score (nSPS) is 19.1. The lowest BCUT2D eigenvalue weighted by molar-refractivity contribution is -0.143. The van der Waals surface area contributed by atoms with Crippen LogP contribution in [0.1, 0.15) is 25.3 Å². The number of pyridine rings is 1. The van der Waals surface area contributed by atoms with Crippen molar-refractivity contribution in [3.05, 3.63) is 30.1 Å². The maximum absolute atomic E-state index is 12.3. The van der Waals surface area contributed by atoms with E-state index in [2.05, 4.69) is 10.3 Å². The van der Waals surface area contributed by atoms with Crippen molar-refractivity contribution in [2.24, 2.45) is 0 Å². The molecule has 1 atom stereocenters. The number of hydrogen-bond donors (Lipinski definition) is 1. The van der Waals surface area contributed by atoms with Gasteiger partial charge in [0, 0.05) is 25.5 Å². The Morgan fingerprint density at radius 2 is 2.21 bits per heavy atom. The Morgan fingerprint density at radius 3 is 2.89 bits per heavy atom. The van der Waals surface area contributed by atoms with E-state index in [0.717, 1.165) is 12.0 Å². The molecule has 0 spiro atoms. The minimum absolute atomic E-state index is 0.0134. The summed E-state index contributed by atoms with van der Waals surface area (Å²) >= 11 is 0. The number of carbonyl (C=O) groups excluding carboxylic acids is 2. The molecule has 102 valence electrons. The number of carbonyl (C=O) groups is 2. The quantitative estimate of drug-likeness (QED) is 0.870. The SMILES string of the molecule is CCCC1C(=O)NCCN1C(=O)Cc1ccncc1. The van der Waals surface area contributed by atoms with Crippen LogP contribution in [0.15, 0.2) is 24.5 Å². The van der Waals surface area contributed by atoms with Crippen molar-refractivity contribution in [3.63, 3.8) is 0 Å². The van der Waals surface area contributed by atoms with E-state index < -0.39 is 0 Å². The molecule has 0 bridgehead atoms. The molecule has 1 N–H and O–H groups in total. The van der Waals surface area contributed by atoms with Gasteiger partial charge in [0.25, 0.3) is 0 Å². The summed E-state index contributed by atoms with van der Waals surface area (Å²) in [5.41, 5.74) is 0.932. The van der Waals surface area contributed by atoms with Gasteiger partial charge < -0.3 is 10.2 Å². The highest BCUT2D eigenvalue weighted by Crippen LogP contribution is 2.13. The van der Waals surface area contributed by atoms with Gasteiger partial charge in [-0.25, -0.2) is 0 Å². The number of aromatic nitrogens is 1. The van der Waals surface area contributed by atoms with Crippen molar-refractivity contribution >= 4 is 11.8 Å². The number of hydrogen-bond acceptors (Lipinski definition) is 3. The minimum Gasteiger partial charge on any atom is -0.353 e. The monoisotopic (exact) mass is 261 g/mol. The first-order valence-electron chi connectivity index (χ1n) is 6.68. The minimum atomic E-state index is -0.312. The number of nitrogens with zero attached hydrogens (tertiary/aromatic N) is 2. The number of rotatable bonds is 4. The second-order valence-corrected chi connectivity index (χ2v) is 4.71. The second-order valence-electron chi connectivity index (χ2n) is 4.71. The van der Waals surface area contributed by atoms with E-state index >= 15 is 0 Å².